The molecule has 0 aromatic rings. The topological polar surface area (TPSA) is 36.9 Å². The van der Waals surface area contributed by atoms with Gasteiger partial charge in [-0.3, -0.25) is 0 Å². The Hall–Kier alpha value is -0.0800. The van der Waals surface area contributed by atoms with Crippen molar-refractivity contribution >= 4 is 0 Å². The van der Waals surface area contributed by atoms with E-state index >= 15 is 0 Å². The predicted octanol–water partition coefficient (Wildman–Crippen LogP) is 0.966. The fourth-order valence-electron chi connectivity index (χ4n) is 1.53. The van der Waals surface area contributed by atoms with Crippen molar-refractivity contribution in [3.63, 3.8) is 0 Å². The average Bonchev–Trinajstić information content (AvgIpc) is 2.03. The molecule has 0 amide bonds. The van der Waals surface area contributed by atoms with Crippen LogP contribution in [0.25, 0.3) is 0 Å². The van der Waals surface area contributed by atoms with E-state index in [-0.39, 0.29) is 0 Å². The standard InChI is InChI=1S/C9H19NO/c1-8(10)7-11-9-5-3-2-4-6-9/h8-9H,2-7,10H2,1H3/p+1. The summed E-state index contributed by atoms with van der Waals surface area (Å²) in [4.78, 5) is 0. The first-order valence-electron chi connectivity index (χ1n) is 4.73. The Labute approximate surface area is 69.1 Å². The van der Waals surface area contributed by atoms with Crippen LogP contribution in [0.5, 0.6) is 0 Å². The second-order valence-corrected chi connectivity index (χ2v) is 3.70. The lowest BCUT2D eigenvalue weighted by Gasteiger charge is -2.22. The van der Waals surface area contributed by atoms with Gasteiger partial charge < -0.3 is 10.5 Å². The first-order chi connectivity index (χ1) is 5.29. The van der Waals surface area contributed by atoms with Gasteiger partial charge in [0.05, 0.1) is 12.7 Å². The summed E-state index contributed by atoms with van der Waals surface area (Å²) in [5.74, 6) is 0. The number of hydrogen-bond acceptors (Lipinski definition) is 1. The van der Waals surface area contributed by atoms with Crippen molar-refractivity contribution in [2.24, 2.45) is 0 Å². The molecule has 66 valence electrons. The highest BCUT2D eigenvalue weighted by molar-refractivity contribution is 4.65. The van der Waals surface area contributed by atoms with Crippen molar-refractivity contribution in [3.05, 3.63) is 0 Å². The van der Waals surface area contributed by atoms with E-state index in [0.717, 1.165) is 6.61 Å². The third-order valence-electron chi connectivity index (χ3n) is 2.17. The molecule has 1 rings (SSSR count). The zero-order chi connectivity index (χ0) is 8.10. The molecule has 1 atom stereocenters. The van der Waals surface area contributed by atoms with Crippen LogP contribution in [0.1, 0.15) is 39.0 Å². The molecular formula is C9H20NO+. The lowest BCUT2D eigenvalue weighted by Crippen LogP contribution is -2.61. The second kappa shape index (κ2) is 4.73. The van der Waals surface area contributed by atoms with Gasteiger partial charge in [-0.15, -0.1) is 0 Å². The van der Waals surface area contributed by atoms with Gasteiger partial charge in [0.2, 0.25) is 0 Å². The number of rotatable bonds is 3. The molecule has 2 heteroatoms. The van der Waals surface area contributed by atoms with Crippen molar-refractivity contribution < 1.29 is 10.5 Å². The van der Waals surface area contributed by atoms with Gasteiger partial charge in [-0.1, -0.05) is 19.3 Å². The summed E-state index contributed by atoms with van der Waals surface area (Å²) in [6, 6.07) is 0.442. The smallest absolute Gasteiger partial charge is 0.105 e. The van der Waals surface area contributed by atoms with E-state index in [1.165, 1.54) is 32.1 Å². The van der Waals surface area contributed by atoms with E-state index < -0.39 is 0 Å². The second-order valence-electron chi connectivity index (χ2n) is 3.70. The van der Waals surface area contributed by atoms with E-state index in [4.69, 9.17) is 4.74 Å². The predicted molar refractivity (Wildman–Crippen MR) is 45.2 cm³/mol. The molecule has 1 aliphatic rings. The van der Waals surface area contributed by atoms with Crippen LogP contribution in [0.15, 0.2) is 0 Å². The highest BCUT2D eigenvalue weighted by Crippen LogP contribution is 2.19. The molecule has 0 aliphatic heterocycles. The monoisotopic (exact) mass is 158 g/mol. The van der Waals surface area contributed by atoms with Crippen molar-refractivity contribution in [1.82, 2.24) is 0 Å². The van der Waals surface area contributed by atoms with Gasteiger partial charge in [0.15, 0.2) is 0 Å². The van der Waals surface area contributed by atoms with Crippen molar-refractivity contribution in [1.29, 1.82) is 0 Å². The molecule has 3 N–H and O–H groups in total. The molecule has 0 spiro atoms. The van der Waals surface area contributed by atoms with Gasteiger partial charge >= 0.3 is 0 Å². The lowest BCUT2D eigenvalue weighted by molar-refractivity contribution is -0.422. The van der Waals surface area contributed by atoms with Gasteiger partial charge in [-0.2, -0.15) is 0 Å². The molecule has 2 nitrogen and oxygen atoms in total. The maximum Gasteiger partial charge on any atom is 0.105 e. The van der Waals surface area contributed by atoms with Gasteiger partial charge in [0.1, 0.15) is 6.04 Å². The fraction of sp³-hybridized carbons (Fsp3) is 1.00. The largest absolute Gasteiger partial charge is 0.372 e. The number of quaternary nitrogens is 1. The summed E-state index contributed by atoms with van der Waals surface area (Å²) in [5, 5.41) is 0. The fourth-order valence-corrected chi connectivity index (χ4v) is 1.53. The maximum absolute atomic E-state index is 5.68. The summed E-state index contributed by atoms with van der Waals surface area (Å²) in [7, 11) is 0. The Morgan fingerprint density at radius 1 is 1.36 bits per heavy atom. The van der Waals surface area contributed by atoms with Crippen LogP contribution in [-0.4, -0.2) is 18.8 Å². The van der Waals surface area contributed by atoms with Crippen LogP contribution in [0, 0.1) is 0 Å². The molecule has 1 aliphatic carbocycles. The Balaban J connectivity index is 2.05. The van der Waals surface area contributed by atoms with Gasteiger partial charge in [-0.25, -0.2) is 0 Å². The lowest BCUT2D eigenvalue weighted by atomic mass is 9.98. The summed E-state index contributed by atoms with van der Waals surface area (Å²) < 4.78 is 5.68. The third-order valence-corrected chi connectivity index (χ3v) is 2.17. The van der Waals surface area contributed by atoms with E-state index in [1.807, 2.05) is 0 Å². The first kappa shape index (κ1) is 9.01. The maximum atomic E-state index is 5.68. The molecule has 0 radical (unpaired) electrons. The highest BCUT2D eigenvalue weighted by Gasteiger charge is 2.14. The van der Waals surface area contributed by atoms with Gasteiger partial charge in [-0.05, 0) is 19.8 Å². The molecule has 1 saturated carbocycles. The quantitative estimate of drug-likeness (QED) is 0.652. The van der Waals surface area contributed by atoms with Crippen LogP contribution in [0.2, 0.25) is 0 Å². The zero-order valence-electron chi connectivity index (χ0n) is 7.51. The Kier molecular flexibility index (Phi) is 3.87. The van der Waals surface area contributed by atoms with Gasteiger partial charge in [0, 0.05) is 0 Å². The van der Waals surface area contributed by atoms with Crippen molar-refractivity contribution in [3.8, 4) is 0 Å². The normalized spacial score (nSPS) is 23.5. The van der Waals surface area contributed by atoms with Crippen LogP contribution in [-0.2, 0) is 4.74 Å². The minimum Gasteiger partial charge on any atom is -0.372 e. The number of hydrogen-bond donors (Lipinski definition) is 1. The molecule has 0 bridgehead atoms. The highest BCUT2D eigenvalue weighted by atomic mass is 16.5. The molecular weight excluding hydrogens is 138 g/mol. The molecule has 1 fully saturated rings. The Morgan fingerprint density at radius 3 is 2.55 bits per heavy atom. The molecule has 1 unspecified atom stereocenters. The van der Waals surface area contributed by atoms with Crippen molar-refractivity contribution in [2.45, 2.75) is 51.2 Å². The van der Waals surface area contributed by atoms with Gasteiger partial charge in [0.25, 0.3) is 0 Å². The Morgan fingerprint density at radius 2 is 2.00 bits per heavy atom. The minimum absolute atomic E-state index is 0.442. The van der Waals surface area contributed by atoms with E-state index in [2.05, 4.69) is 12.7 Å². The summed E-state index contributed by atoms with van der Waals surface area (Å²) in [6.07, 6.45) is 7.21. The summed E-state index contributed by atoms with van der Waals surface area (Å²) in [5.41, 5.74) is 3.90. The molecule has 0 heterocycles. The molecule has 0 saturated heterocycles. The molecule has 11 heavy (non-hydrogen) atoms. The average molecular weight is 158 g/mol. The minimum atomic E-state index is 0.442. The third kappa shape index (κ3) is 3.73. The van der Waals surface area contributed by atoms with E-state index in [0.29, 0.717) is 12.1 Å². The Bertz CT molecular complexity index is 97.7. The summed E-state index contributed by atoms with van der Waals surface area (Å²) in [6.45, 7) is 2.94. The van der Waals surface area contributed by atoms with Crippen LogP contribution in [0.4, 0.5) is 0 Å². The van der Waals surface area contributed by atoms with Crippen LogP contribution >= 0.6 is 0 Å². The van der Waals surface area contributed by atoms with Crippen molar-refractivity contribution in [2.75, 3.05) is 6.61 Å². The zero-order valence-corrected chi connectivity index (χ0v) is 7.51. The van der Waals surface area contributed by atoms with Crippen LogP contribution in [0.3, 0.4) is 0 Å². The number of ether oxygens (including phenoxy) is 1. The van der Waals surface area contributed by atoms with E-state index in [1.54, 1.807) is 0 Å². The van der Waals surface area contributed by atoms with E-state index in [9.17, 15) is 0 Å². The molecule has 0 aromatic heterocycles. The first-order valence-corrected chi connectivity index (χ1v) is 4.73. The van der Waals surface area contributed by atoms with Crippen LogP contribution < -0.4 is 5.73 Å². The SMILES string of the molecule is CC([NH3+])COC1CCCCC1. The summed E-state index contributed by atoms with van der Waals surface area (Å²) >= 11 is 0. The molecule has 0 aromatic carbocycles.